The van der Waals surface area contributed by atoms with Crippen LogP contribution in [-0.4, -0.2) is 41.9 Å². The molecule has 1 fully saturated rings. The van der Waals surface area contributed by atoms with Crippen molar-refractivity contribution in [3.8, 4) is 0 Å². The number of hydrogen-bond acceptors (Lipinski definition) is 4. The molecular weight excluding hydrogens is 232 g/mol. The van der Waals surface area contributed by atoms with Gasteiger partial charge in [0.1, 0.15) is 0 Å². The van der Waals surface area contributed by atoms with Crippen LogP contribution in [0, 0.1) is 0 Å². The number of nitrogens with two attached hydrogens (primary N) is 1. The molecular formula is C13H26N2O3. The Labute approximate surface area is 109 Å². The quantitative estimate of drug-likeness (QED) is 0.622. The Kier molecular flexibility index (Phi) is 6.05. The minimum atomic E-state index is -0.628. The van der Waals surface area contributed by atoms with Crippen LogP contribution in [0.5, 0.6) is 0 Å². The van der Waals surface area contributed by atoms with E-state index in [1.54, 1.807) is 0 Å². The van der Waals surface area contributed by atoms with Gasteiger partial charge in [0.2, 0.25) is 5.91 Å². The third kappa shape index (κ3) is 4.55. The predicted octanol–water partition coefficient (Wildman–Crippen LogP) is 0.550. The van der Waals surface area contributed by atoms with Crippen molar-refractivity contribution in [2.24, 2.45) is 5.73 Å². The van der Waals surface area contributed by atoms with Crippen molar-refractivity contribution in [2.45, 2.75) is 63.7 Å². The first-order valence-corrected chi connectivity index (χ1v) is 6.81. The number of aliphatic hydroxyl groups excluding tert-OH is 1. The molecule has 0 aromatic carbocycles. The van der Waals surface area contributed by atoms with Crippen molar-refractivity contribution in [3.63, 3.8) is 0 Å². The van der Waals surface area contributed by atoms with Gasteiger partial charge in [-0.25, -0.2) is 0 Å². The largest absolute Gasteiger partial charge is 0.389 e. The molecule has 5 nitrogen and oxygen atoms in total. The van der Waals surface area contributed by atoms with Gasteiger partial charge in [-0.05, 0) is 26.7 Å². The van der Waals surface area contributed by atoms with Gasteiger partial charge in [0.05, 0.1) is 24.4 Å². The summed E-state index contributed by atoms with van der Waals surface area (Å²) < 4.78 is 5.33. The first kappa shape index (κ1) is 15.4. The Balaban J connectivity index is 2.40. The van der Waals surface area contributed by atoms with Crippen LogP contribution in [0.25, 0.3) is 0 Å². The summed E-state index contributed by atoms with van der Waals surface area (Å²) in [5.74, 6) is -0.306. The van der Waals surface area contributed by atoms with Crippen LogP contribution in [0.4, 0.5) is 0 Å². The molecule has 0 aromatic rings. The van der Waals surface area contributed by atoms with E-state index in [1.807, 2.05) is 13.8 Å². The van der Waals surface area contributed by atoms with Gasteiger partial charge < -0.3 is 20.9 Å². The summed E-state index contributed by atoms with van der Waals surface area (Å²) in [6.07, 6.45) is 4.18. The second-order valence-electron chi connectivity index (χ2n) is 5.42. The van der Waals surface area contributed by atoms with Crippen LogP contribution in [-0.2, 0) is 9.53 Å². The lowest BCUT2D eigenvalue weighted by Gasteiger charge is -2.36. The summed E-state index contributed by atoms with van der Waals surface area (Å²) >= 11 is 0. The molecule has 1 aliphatic rings. The molecule has 4 N–H and O–H groups in total. The Morgan fingerprint density at radius 3 is 2.50 bits per heavy atom. The summed E-state index contributed by atoms with van der Waals surface area (Å²) in [5, 5.41) is 12.9. The molecule has 0 bridgehead atoms. The van der Waals surface area contributed by atoms with Crippen LogP contribution in [0.15, 0.2) is 0 Å². The fraction of sp³-hybridized carbons (Fsp3) is 0.923. The third-order valence-corrected chi connectivity index (χ3v) is 3.48. The molecule has 1 amide bonds. The average molecular weight is 258 g/mol. The van der Waals surface area contributed by atoms with Gasteiger partial charge >= 0.3 is 0 Å². The van der Waals surface area contributed by atoms with Gasteiger partial charge in [-0.15, -0.1) is 0 Å². The molecule has 1 saturated carbocycles. The summed E-state index contributed by atoms with van der Waals surface area (Å²) in [5.41, 5.74) is 4.87. The number of amides is 1. The highest BCUT2D eigenvalue weighted by atomic mass is 16.5. The van der Waals surface area contributed by atoms with Crippen LogP contribution in [0.1, 0.15) is 46.0 Å². The molecule has 0 radical (unpaired) electrons. The van der Waals surface area contributed by atoms with E-state index >= 15 is 0 Å². The second-order valence-corrected chi connectivity index (χ2v) is 5.42. The molecule has 1 atom stereocenters. The highest BCUT2D eigenvalue weighted by Crippen LogP contribution is 2.27. The SMILES string of the molecule is CC(C)OCC(O)CNC1(C(N)=O)CCCCC1. The second kappa shape index (κ2) is 7.07. The average Bonchev–Trinajstić information content (AvgIpc) is 2.34. The number of primary amides is 1. The van der Waals surface area contributed by atoms with E-state index in [1.165, 1.54) is 0 Å². The number of carbonyl (C=O) groups excluding carboxylic acids is 1. The Morgan fingerprint density at radius 2 is 2.00 bits per heavy atom. The lowest BCUT2D eigenvalue weighted by Crippen LogP contribution is -2.58. The Bertz CT molecular complexity index is 263. The number of hydrogen-bond donors (Lipinski definition) is 3. The van der Waals surface area contributed by atoms with Crippen molar-refractivity contribution in [1.82, 2.24) is 5.32 Å². The number of aliphatic hydroxyl groups is 1. The Morgan fingerprint density at radius 1 is 1.39 bits per heavy atom. The smallest absolute Gasteiger partial charge is 0.237 e. The fourth-order valence-corrected chi connectivity index (χ4v) is 2.34. The maximum atomic E-state index is 11.6. The molecule has 0 aromatic heterocycles. The zero-order valence-corrected chi connectivity index (χ0v) is 11.4. The summed E-state index contributed by atoms with van der Waals surface area (Å²) in [7, 11) is 0. The number of ether oxygens (including phenoxy) is 1. The first-order valence-electron chi connectivity index (χ1n) is 6.81. The third-order valence-electron chi connectivity index (χ3n) is 3.48. The van der Waals surface area contributed by atoms with E-state index in [0.29, 0.717) is 6.54 Å². The zero-order valence-electron chi connectivity index (χ0n) is 11.4. The van der Waals surface area contributed by atoms with Crippen molar-refractivity contribution in [3.05, 3.63) is 0 Å². The fourth-order valence-electron chi connectivity index (χ4n) is 2.34. The predicted molar refractivity (Wildman–Crippen MR) is 70.1 cm³/mol. The van der Waals surface area contributed by atoms with Crippen LogP contribution >= 0.6 is 0 Å². The molecule has 18 heavy (non-hydrogen) atoms. The van der Waals surface area contributed by atoms with E-state index in [4.69, 9.17) is 10.5 Å². The van der Waals surface area contributed by atoms with Crippen LogP contribution in [0.3, 0.4) is 0 Å². The van der Waals surface area contributed by atoms with Gasteiger partial charge in [0, 0.05) is 6.54 Å². The topological polar surface area (TPSA) is 84.6 Å². The standard InChI is InChI=1S/C13H26N2O3/c1-10(2)18-9-11(16)8-15-13(12(14)17)6-4-3-5-7-13/h10-11,15-16H,3-9H2,1-2H3,(H2,14,17). The molecule has 0 saturated heterocycles. The molecule has 1 rings (SSSR count). The van der Waals surface area contributed by atoms with Crippen LogP contribution in [0.2, 0.25) is 0 Å². The monoisotopic (exact) mass is 258 g/mol. The maximum Gasteiger partial charge on any atom is 0.237 e. The molecule has 0 heterocycles. The highest BCUT2D eigenvalue weighted by molar-refractivity contribution is 5.84. The van der Waals surface area contributed by atoms with Crippen molar-refractivity contribution < 1.29 is 14.6 Å². The summed E-state index contributed by atoms with van der Waals surface area (Å²) in [4.78, 5) is 11.6. The van der Waals surface area contributed by atoms with Gasteiger partial charge in [0.15, 0.2) is 0 Å². The van der Waals surface area contributed by atoms with Crippen molar-refractivity contribution in [2.75, 3.05) is 13.2 Å². The van der Waals surface area contributed by atoms with E-state index in [2.05, 4.69) is 5.32 Å². The number of rotatable bonds is 7. The zero-order chi connectivity index (χ0) is 13.6. The minimum absolute atomic E-state index is 0.0967. The molecule has 1 unspecified atom stereocenters. The number of β-amino-alcohol motifs (C(OH)–C–C–N with tert-alkyl or cyclic N) is 1. The van der Waals surface area contributed by atoms with E-state index in [-0.39, 0.29) is 18.6 Å². The molecule has 1 aliphatic carbocycles. The summed E-state index contributed by atoms with van der Waals surface area (Å²) in [6.45, 7) is 4.47. The van der Waals surface area contributed by atoms with E-state index < -0.39 is 11.6 Å². The van der Waals surface area contributed by atoms with E-state index in [0.717, 1.165) is 32.1 Å². The highest BCUT2D eigenvalue weighted by Gasteiger charge is 2.37. The van der Waals surface area contributed by atoms with Crippen molar-refractivity contribution >= 4 is 5.91 Å². The maximum absolute atomic E-state index is 11.6. The van der Waals surface area contributed by atoms with Gasteiger partial charge in [0.25, 0.3) is 0 Å². The van der Waals surface area contributed by atoms with Gasteiger partial charge in [-0.3, -0.25) is 4.79 Å². The Hall–Kier alpha value is -0.650. The van der Waals surface area contributed by atoms with Crippen LogP contribution < -0.4 is 11.1 Å². The van der Waals surface area contributed by atoms with Gasteiger partial charge in [-0.1, -0.05) is 19.3 Å². The normalized spacial score (nSPS) is 20.9. The van der Waals surface area contributed by atoms with Crippen molar-refractivity contribution in [1.29, 1.82) is 0 Å². The molecule has 106 valence electrons. The summed E-state index contributed by atoms with van der Waals surface area (Å²) in [6, 6.07) is 0. The molecule has 5 heteroatoms. The molecule has 0 aliphatic heterocycles. The number of carbonyl (C=O) groups is 1. The lowest BCUT2D eigenvalue weighted by molar-refractivity contribution is -0.126. The van der Waals surface area contributed by atoms with E-state index in [9.17, 15) is 9.90 Å². The molecule has 0 spiro atoms. The van der Waals surface area contributed by atoms with Gasteiger partial charge in [-0.2, -0.15) is 0 Å². The first-order chi connectivity index (χ1) is 8.46. The lowest BCUT2D eigenvalue weighted by atomic mass is 9.81. The number of nitrogens with one attached hydrogen (secondary N) is 1. The minimum Gasteiger partial charge on any atom is -0.389 e.